The predicted molar refractivity (Wildman–Crippen MR) is 52.7 cm³/mol. The lowest BCUT2D eigenvalue weighted by Gasteiger charge is -2.31. The lowest BCUT2D eigenvalue weighted by molar-refractivity contribution is 0.0666. The molecule has 0 amide bonds. The van der Waals surface area contributed by atoms with Crippen molar-refractivity contribution >= 4 is 0 Å². The first-order chi connectivity index (χ1) is 6.34. The fourth-order valence-corrected chi connectivity index (χ4v) is 2.42. The first-order valence-corrected chi connectivity index (χ1v) is 5.48. The van der Waals surface area contributed by atoms with Crippen molar-refractivity contribution in [1.82, 2.24) is 10.2 Å². The maximum Gasteiger partial charge on any atom is 0.0667 e. The molecule has 0 bridgehead atoms. The molecule has 0 spiro atoms. The molecule has 3 nitrogen and oxygen atoms in total. The third kappa shape index (κ3) is 2.66. The van der Waals surface area contributed by atoms with Gasteiger partial charge in [-0.25, -0.2) is 0 Å². The summed E-state index contributed by atoms with van der Waals surface area (Å²) in [4.78, 5) is 2.40. The van der Waals surface area contributed by atoms with Crippen LogP contribution < -0.4 is 5.32 Å². The molecule has 13 heavy (non-hydrogen) atoms. The van der Waals surface area contributed by atoms with Gasteiger partial charge in [0.15, 0.2) is 0 Å². The molecule has 2 rings (SSSR count). The Bertz CT molecular complexity index is 157. The van der Waals surface area contributed by atoms with E-state index in [1.54, 1.807) is 0 Å². The number of β-amino-alcohol motifs (C(OH)–C–C–N with tert-alkyl or cyclic N) is 1. The second-order valence-corrected chi connectivity index (χ2v) is 4.35. The second-order valence-electron chi connectivity index (χ2n) is 4.35. The van der Waals surface area contributed by atoms with Crippen molar-refractivity contribution in [3.8, 4) is 0 Å². The van der Waals surface area contributed by atoms with Gasteiger partial charge in [0.2, 0.25) is 0 Å². The van der Waals surface area contributed by atoms with Gasteiger partial charge in [-0.15, -0.1) is 0 Å². The summed E-state index contributed by atoms with van der Waals surface area (Å²) in [5, 5.41) is 13.0. The molecular weight excluding hydrogens is 164 g/mol. The van der Waals surface area contributed by atoms with Gasteiger partial charge in [-0.1, -0.05) is 0 Å². The van der Waals surface area contributed by atoms with Crippen LogP contribution in [0.4, 0.5) is 0 Å². The highest BCUT2D eigenvalue weighted by atomic mass is 16.3. The van der Waals surface area contributed by atoms with Gasteiger partial charge in [0, 0.05) is 19.1 Å². The SMILES string of the molecule is O[C@H]1CCCN(C[C@@H]2CCCN2)C1. The molecule has 76 valence electrons. The molecule has 2 aliphatic rings. The van der Waals surface area contributed by atoms with E-state index in [1.807, 2.05) is 0 Å². The standard InChI is InChI=1S/C10H20N2O/c13-10-4-2-6-12(8-10)7-9-3-1-5-11-9/h9-11,13H,1-8H2/t9-,10-/m0/s1. The first kappa shape index (κ1) is 9.44. The maximum absolute atomic E-state index is 9.49. The summed E-state index contributed by atoms with van der Waals surface area (Å²) in [7, 11) is 0. The molecule has 2 saturated heterocycles. The Balaban J connectivity index is 1.73. The van der Waals surface area contributed by atoms with Crippen LogP contribution in [0, 0.1) is 0 Å². The van der Waals surface area contributed by atoms with Gasteiger partial charge >= 0.3 is 0 Å². The fourth-order valence-electron chi connectivity index (χ4n) is 2.42. The van der Waals surface area contributed by atoms with E-state index < -0.39 is 0 Å². The highest BCUT2D eigenvalue weighted by Gasteiger charge is 2.22. The average Bonchev–Trinajstić information content (AvgIpc) is 2.57. The van der Waals surface area contributed by atoms with Crippen LogP contribution in [0.1, 0.15) is 25.7 Å². The van der Waals surface area contributed by atoms with E-state index in [0.29, 0.717) is 6.04 Å². The molecule has 2 aliphatic heterocycles. The smallest absolute Gasteiger partial charge is 0.0667 e. The molecule has 0 aromatic rings. The summed E-state index contributed by atoms with van der Waals surface area (Å²) >= 11 is 0. The molecule has 0 aromatic carbocycles. The molecule has 0 aromatic heterocycles. The molecule has 2 fully saturated rings. The molecule has 0 radical (unpaired) electrons. The van der Waals surface area contributed by atoms with Crippen LogP contribution in [0.2, 0.25) is 0 Å². The number of nitrogens with zero attached hydrogens (tertiary/aromatic N) is 1. The van der Waals surface area contributed by atoms with Crippen molar-refractivity contribution in [1.29, 1.82) is 0 Å². The molecule has 2 heterocycles. The molecule has 0 aliphatic carbocycles. The third-order valence-electron chi connectivity index (χ3n) is 3.12. The van der Waals surface area contributed by atoms with Crippen LogP contribution in [-0.4, -0.2) is 48.3 Å². The number of piperidine rings is 1. The zero-order chi connectivity index (χ0) is 9.10. The van der Waals surface area contributed by atoms with Crippen molar-refractivity contribution in [2.45, 2.75) is 37.8 Å². The number of hydrogen-bond acceptors (Lipinski definition) is 3. The van der Waals surface area contributed by atoms with Gasteiger partial charge in [-0.3, -0.25) is 4.90 Å². The van der Waals surface area contributed by atoms with Gasteiger partial charge in [0.1, 0.15) is 0 Å². The van der Waals surface area contributed by atoms with Gasteiger partial charge in [-0.05, 0) is 38.8 Å². The van der Waals surface area contributed by atoms with Crippen LogP contribution in [0.25, 0.3) is 0 Å². The molecular formula is C10H20N2O. The number of aliphatic hydroxyl groups is 1. The summed E-state index contributed by atoms with van der Waals surface area (Å²) in [6, 6.07) is 0.685. The lowest BCUT2D eigenvalue weighted by Crippen LogP contribution is -2.44. The number of nitrogens with one attached hydrogen (secondary N) is 1. The Kier molecular flexibility index (Phi) is 3.19. The first-order valence-electron chi connectivity index (χ1n) is 5.48. The summed E-state index contributed by atoms with van der Waals surface area (Å²) in [5.41, 5.74) is 0. The minimum absolute atomic E-state index is 0.0739. The Morgan fingerprint density at radius 3 is 2.92 bits per heavy atom. The van der Waals surface area contributed by atoms with E-state index in [2.05, 4.69) is 10.2 Å². The number of likely N-dealkylation sites (tertiary alicyclic amines) is 1. The zero-order valence-electron chi connectivity index (χ0n) is 8.21. The van der Waals surface area contributed by atoms with Crippen LogP contribution in [0.15, 0.2) is 0 Å². The van der Waals surface area contributed by atoms with E-state index in [0.717, 1.165) is 25.9 Å². The topological polar surface area (TPSA) is 35.5 Å². The molecule has 0 unspecified atom stereocenters. The van der Waals surface area contributed by atoms with Crippen molar-refractivity contribution < 1.29 is 5.11 Å². The largest absolute Gasteiger partial charge is 0.392 e. The van der Waals surface area contributed by atoms with Crippen molar-refractivity contribution in [3.05, 3.63) is 0 Å². The van der Waals surface area contributed by atoms with E-state index in [-0.39, 0.29) is 6.10 Å². The normalized spacial score (nSPS) is 36.7. The molecule has 2 N–H and O–H groups in total. The maximum atomic E-state index is 9.49. The van der Waals surface area contributed by atoms with Crippen molar-refractivity contribution in [2.24, 2.45) is 0 Å². The van der Waals surface area contributed by atoms with Gasteiger partial charge < -0.3 is 10.4 Å². The van der Waals surface area contributed by atoms with Crippen molar-refractivity contribution in [2.75, 3.05) is 26.2 Å². The van der Waals surface area contributed by atoms with Gasteiger partial charge in [0.25, 0.3) is 0 Å². The van der Waals surface area contributed by atoms with Gasteiger partial charge in [0.05, 0.1) is 6.10 Å². The number of hydrogen-bond donors (Lipinski definition) is 2. The third-order valence-corrected chi connectivity index (χ3v) is 3.12. The minimum atomic E-state index is -0.0739. The van der Waals surface area contributed by atoms with E-state index in [1.165, 1.54) is 25.9 Å². The average molecular weight is 184 g/mol. The van der Waals surface area contributed by atoms with Crippen LogP contribution in [0.3, 0.4) is 0 Å². The summed E-state index contributed by atoms with van der Waals surface area (Å²) < 4.78 is 0. The monoisotopic (exact) mass is 184 g/mol. The molecule has 0 saturated carbocycles. The van der Waals surface area contributed by atoms with E-state index >= 15 is 0 Å². The van der Waals surface area contributed by atoms with E-state index in [9.17, 15) is 5.11 Å². The van der Waals surface area contributed by atoms with Crippen LogP contribution >= 0.6 is 0 Å². The fraction of sp³-hybridized carbons (Fsp3) is 1.00. The van der Waals surface area contributed by atoms with Gasteiger partial charge in [-0.2, -0.15) is 0 Å². The number of rotatable bonds is 2. The summed E-state index contributed by atoms with van der Waals surface area (Å²) in [6.07, 6.45) is 4.71. The molecule has 2 atom stereocenters. The summed E-state index contributed by atoms with van der Waals surface area (Å²) in [6.45, 7) is 4.38. The van der Waals surface area contributed by atoms with Crippen LogP contribution in [-0.2, 0) is 0 Å². The zero-order valence-corrected chi connectivity index (χ0v) is 8.21. The van der Waals surface area contributed by atoms with Crippen LogP contribution in [0.5, 0.6) is 0 Å². The summed E-state index contributed by atoms with van der Waals surface area (Å²) in [5.74, 6) is 0. The Hall–Kier alpha value is -0.120. The highest BCUT2D eigenvalue weighted by Crippen LogP contribution is 2.13. The Morgan fingerprint density at radius 2 is 2.23 bits per heavy atom. The minimum Gasteiger partial charge on any atom is -0.392 e. The Labute approximate surface area is 80.1 Å². The Morgan fingerprint density at radius 1 is 1.31 bits per heavy atom. The quantitative estimate of drug-likeness (QED) is 0.643. The predicted octanol–water partition coefficient (Wildman–Crippen LogP) is 0.195. The van der Waals surface area contributed by atoms with E-state index in [4.69, 9.17) is 0 Å². The second kappa shape index (κ2) is 4.40. The lowest BCUT2D eigenvalue weighted by atomic mass is 10.1. The molecule has 3 heteroatoms. The highest BCUT2D eigenvalue weighted by molar-refractivity contribution is 4.80. The number of aliphatic hydroxyl groups excluding tert-OH is 1. The van der Waals surface area contributed by atoms with Crippen molar-refractivity contribution in [3.63, 3.8) is 0 Å².